The third-order valence-corrected chi connectivity index (χ3v) is 2.90. The standard InChI is InChI=1S/C15H16BNO3/c1-12(14-7-9-15(10-8-14)16(18)19)17-20-11-13-5-3-2-4-6-13/h2-10,18-19H,11H2,1H3. The van der Waals surface area contributed by atoms with Crippen molar-refractivity contribution in [1.82, 2.24) is 0 Å². The maximum Gasteiger partial charge on any atom is 0.488 e. The van der Waals surface area contributed by atoms with E-state index in [4.69, 9.17) is 14.9 Å². The molecule has 0 saturated heterocycles. The van der Waals surface area contributed by atoms with Gasteiger partial charge in [0.25, 0.3) is 0 Å². The highest BCUT2D eigenvalue weighted by atomic mass is 16.6. The monoisotopic (exact) mass is 269 g/mol. The molecule has 0 radical (unpaired) electrons. The average Bonchev–Trinajstić information content (AvgIpc) is 2.48. The third kappa shape index (κ3) is 3.95. The van der Waals surface area contributed by atoms with Gasteiger partial charge in [0.15, 0.2) is 0 Å². The van der Waals surface area contributed by atoms with E-state index in [1.165, 1.54) is 0 Å². The van der Waals surface area contributed by atoms with Crippen molar-refractivity contribution in [2.45, 2.75) is 13.5 Å². The van der Waals surface area contributed by atoms with Crippen molar-refractivity contribution in [3.05, 3.63) is 65.7 Å². The second kappa shape index (κ2) is 6.89. The van der Waals surface area contributed by atoms with Crippen molar-refractivity contribution < 1.29 is 14.9 Å². The fraction of sp³-hybridized carbons (Fsp3) is 0.133. The number of oxime groups is 1. The van der Waals surface area contributed by atoms with Gasteiger partial charge in [-0.3, -0.25) is 0 Å². The second-order valence-electron chi connectivity index (χ2n) is 4.43. The fourth-order valence-corrected chi connectivity index (χ4v) is 1.73. The molecule has 0 atom stereocenters. The van der Waals surface area contributed by atoms with E-state index in [0.717, 1.165) is 16.8 Å². The minimum absolute atomic E-state index is 0.422. The largest absolute Gasteiger partial charge is 0.488 e. The van der Waals surface area contributed by atoms with Crippen LogP contribution >= 0.6 is 0 Å². The molecule has 2 N–H and O–H groups in total. The van der Waals surface area contributed by atoms with E-state index in [-0.39, 0.29) is 0 Å². The normalized spacial score (nSPS) is 11.2. The summed E-state index contributed by atoms with van der Waals surface area (Å²) in [6.07, 6.45) is 0. The highest BCUT2D eigenvalue weighted by Gasteiger charge is 2.10. The van der Waals surface area contributed by atoms with Crippen LogP contribution in [-0.2, 0) is 11.4 Å². The topological polar surface area (TPSA) is 62.0 Å². The summed E-state index contributed by atoms with van der Waals surface area (Å²) < 4.78 is 0. The van der Waals surface area contributed by atoms with Crippen LogP contribution in [0.3, 0.4) is 0 Å². The molecule has 0 aliphatic rings. The lowest BCUT2D eigenvalue weighted by Gasteiger charge is -2.04. The molecule has 0 fully saturated rings. The summed E-state index contributed by atoms with van der Waals surface area (Å²) >= 11 is 0. The molecule has 0 aliphatic heterocycles. The molecule has 2 aromatic carbocycles. The van der Waals surface area contributed by atoms with Crippen LogP contribution in [0, 0.1) is 0 Å². The minimum Gasteiger partial charge on any atom is -0.423 e. The van der Waals surface area contributed by atoms with Gasteiger partial charge in [0.05, 0.1) is 5.71 Å². The number of nitrogens with zero attached hydrogens (tertiary/aromatic N) is 1. The van der Waals surface area contributed by atoms with Gasteiger partial charge in [0, 0.05) is 0 Å². The van der Waals surface area contributed by atoms with Gasteiger partial charge in [-0.05, 0) is 23.5 Å². The Labute approximate surface area is 118 Å². The minimum atomic E-state index is -1.45. The summed E-state index contributed by atoms with van der Waals surface area (Å²) in [5.74, 6) is 0. The van der Waals surface area contributed by atoms with Crippen LogP contribution in [0.25, 0.3) is 0 Å². The Bertz CT molecular complexity index is 567. The van der Waals surface area contributed by atoms with E-state index in [1.54, 1.807) is 24.3 Å². The van der Waals surface area contributed by atoms with Crippen molar-refractivity contribution in [2.75, 3.05) is 0 Å². The molecule has 4 nitrogen and oxygen atoms in total. The summed E-state index contributed by atoms with van der Waals surface area (Å²) in [6, 6.07) is 16.7. The van der Waals surface area contributed by atoms with Gasteiger partial charge >= 0.3 is 7.12 Å². The van der Waals surface area contributed by atoms with Crippen molar-refractivity contribution in [3.63, 3.8) is 0 Å². The molecule has 2 rings (SSSR count). The number of hydrogen-bond donors (Lipinski definition) is 2. The molecule has 0 saturated carbocycles. The predicted octanol–water partition coefficient (Wildman–Crippen LogP) is 1.31. The maximum absolute atomic E-state index is 9.02. The third-order valence-electron chi connectivity index (χ3n) is 2.90. The van der Waals surface area contributed by atoms with Crippen LogP contribution in [0.1, 0.15) is 18.1 Å². The summed E-state index contributed by atoms with van der Waals surface area (Å²) in [4.78, 5) is 5.30. The zero-order valence-corrected chi connectivity index (χ0v) is 11.2. The van der Waals surface area contributed by atoms with E-state index in [1.807, 2.05) is 37.3 Å². The van der Waals surface area contributed by atoms with E-state index < -0.39 is 7.12 Å². The quantitative estimate of drug-likeness (QED) is 0.488. The van der Waals surface area contributed by atoms with Crippen molar-refractivity contribution in [2.24, 2.45) is 5.16 Å². The van der Waals surface area contributed by atoms with Crippen LogP contribution in [0.4, 0.5) is 0 Å². The lowest BCUT2D eigenvalue weighted by molar-refractivity contribution is 0.130. The molecule has 0 amide bonds. The molecular formula is C15H16BNO3. The Morgan fingerprint density at radius 1 is 1.05 bits per heavy atom. The van der Waals surface area contributed by atoms with Crippen LogP contribution in [0.15, 0.2) is 59.8 Å². The number of rotatable bonds is 5. The molecule has 0 unspecified atom stereocenters. The van der Waals surface area contributed by atoms with Crippen LogP contribution in [0.5, 0.6) is 0 Å². The van der Waals surface area contributed by atoms with E-state index >= 15 is 0 Å². The molecule has 0 bridgehead atoms. The molecule has 20 heavy (non-hydrogen) atoms. The molecule has 2 aromatic rings. The van der Waals surface area contributed by atoms with Gasteiger partial charge < -0.3 is 14.9 Å². The Balaban J connectivity index is 1.96. The summed E-state index contributed by atoms with van der Waals surface area (Å²) in [7, 11) is -1.45. The Hall–Kier alpha value is -2.11. The first-order chi connectivity index (χ1) is 9.66. The lowest BCUT2D eigenvalue weighted by Crippen LogP contribution is -2.29. The molecule has 0 aromatic heterocycles. The average molecular weight is 269 g/mol. The highest BCUT2D eigenvalue weighted by Crippen LogP contribution is 2.04. The van der Waals surface area contributed by atoms with E-state index in [2.05, 4.69) is 5.16 Å². The molecule has 5 heteroatoms. The van der Waals surface area contributed by atoms with E-state index in [9.17, 15) is 0 Å². The zero-order chi connectivity index (χ0) is 14.4. The first-order valence-corrected chi connectivity index (χ1v) is 6.34. The molecule has 0 aliphatic carbocycles. The Morgan fingerprint density at radius 2 is 1.70 bits per heavy atom. The van der Waals surface area contributed by atoms with Crippen LogP contribution in [0.2, 0.25) is 0 Å². The maximum atomic E-state index is 9.02. The molecule has 0 heterocycles. The second-order valence-corrected chi connectivity index (χ2v) is 4.43. The Kier molecular flexibility index (Phi) is 4.93. The smallest absolute Gasteiger partial charge is 0.423 e. The van der Waals surface area contributed by atoms with Crippen molar-refractivity contribution >= 4 is 18.3 Å². The Morgan fingerprint density at radius 3 is 2.30 bits per heavy atom. The zero-order valence-electron chi connectivity index (χ0n) is 11.2. The SMILES string of the molecule is CC(=NOCc1ccccc1)c1ccc(B(O)O)cc1. The molecule has 0 spiro atoms. The van der Waals surface area contributed by atoms with Gasteiger partial charge in [-0.1, -0.05) is 59.8 Å². The highest BCUT2D eigenvalue weighted by molar-refractivity contribution is 6.58. The fourth-order valence-electron chi connectivity index (χ4n) is 1.73. The number of benzene rings is 2. The number of hydrogen-bond acceptors (Lipinski definition) is 4. The van der Waals surface area contributed by atoms with Crippen molar-refractivity contribution in [3.8, 4) is 0 Å². The van der Waals surface area contributed by atoms with Crippen LogP contribution < -0.4 is 5.46 Å². The van der Waals surface area contributed by atoms with Gasteiger partial charge in [-0.25, -0.2) is 0 Å². The molecular weight excluding hydrogens is 253 g/mol. The van der Waals surface area contributed by atoms with E-state index in [0.29, 0.717) is 12.1 Å². The summed E-state index contributed by atoms with van der Waals surface area (Å²) in [6.45, 7) is 2.26. The predicted molar refractivity (Wildman–Crippen MR) is 79.7 cm³/mol. The molecule has 102 valence electrons. The van der Waals surface area contributed by atoms with Crippen molar-refractivity contribution in [1.29, 1.82) is 0 Å². The van der Waals surface area contributed by atoms with Gasteiger partial charge in [-0.15, -0.1) is 0 Å². The lowest BCUT2D eigenvalue weighted by atomic mass is 9.80. The first kappa shape index (κ1) is 14.3. The van der Waals surface area contributed by atoms with Gasteiger partial charge in [0.2, 0.25) is 0 Å². The van der Waals surface area contributed by atoms with Gasteiger partial charge in [-0.2, -0.15) is 0 Å². The van der Waals surface area contributed by atoms with Gasteiger partial charge in [0.1, 0.15) is 6.61 Å². The summed E-state index contributed by atoms with van der Waals surface area (Å²) in [5.41, 5.74) is 3.12. The summed E-state index contributed by atoms with van der Waals surface area (Å²) in [5, 5.41) is 22.1. The van der Waals surface area contributed by atoms with Crippen LogP contribution in [-0.4, -0.2) is 22.9 Å². The first-order valence-electron chi connectivity index (χ1n) is 6.34.